The van der Waals surface area contributed by atoms with Crippen LogP contribution < -0.4 is 4.72 Å². The molecule has 1 N–H and O–H groups in total. The third kappa shape index (κ3) is 4.40. The first-order valence-electron chi connectivity index (χ1n) is 6.46. The maximum absolute atomic E-state index is 11.8. The minimum atomic E-state index is -3.95. The van der Waals surface area contributed by atoms with Crippen LogP contribution in [0.3, 0.4) is 0 Å². The zero-order valence-electron chi connectivity index (χ0n) is 11.9. The molecule has 1 aliphatic heterocycles. The highest BCUT2D eigenvalue weighted by atomic mass is 32.2. The first kappa shape index (κ1) is 16.2. The van der Waals surface area contributed by atoms with Crippen molar-refractivity contribution in [2.45, 2.75) is 4.90 Å². The molecule has 1 saturated heterocycles. The number of nitrogens with one attached hydrogen (secondary N) is 1. The van der Waals surface area contributed by atoms with Gasteiger partial charge in [-0.1, -0.05) is 5.22 Å². The van der Waals surface area contributed by atoms with Gasteiger partial charge in [-0.2, -0.15) is 0 Å². The van der Waals surface area contributed by atoms with Gasteiger partial charge in [-0.25, -0.2) is 17.9 Å². The molecular formula is C12H16N4O5S. The van der Waals surface area contributed by atoms with E-state index in [0.717, 1.165) is 7.11 Å². The second kappa shape index (κ2) is 7.18. The fourth-order valence-corrected chi connectivity index (χ4v) is 2.58. The Bertz CT molecular complexity index is 638. The third-order valence-corrected chi connectivity index (χ3v) is 4.15. The van der Waals surface area contributed by atoms with Crippen molar-refractivity contribution in [3.05, 3.63) is 24.3 Å². The minimum absolute atomic E-state index is 0.0665. The summed E-state index contributed by atoms with van der Waals surface area (Å²) in [7, 11) is -2.86. The van der Waals surface area contributed by atoms with Gasteiger partial charge >= 0.3 is 6.09 Å². The molecule has 1 aromatic rings. The van der Waals surface area contributed by atoms with E-state index in [2.05, 4.69) is 15.1 Å². The summed E-state index contributed by atoms with van der Waals surface area (Å²) in [5, 5.41) is 9.84. The first-order chi connectivity index (χ1) is 10.5. The van der Waals surface area contributed by atoms with Crippen LogP contribution in [0.5, 0.6) is 0 Å². The molecule has 0 spiro atoms. The number of nitrogens with zero attached hydrogens (tertiary/aromatic N) is 3. The van der Waals surface area contributed by atoms with Gasteiger partial charge in [0.2, 0.25) is 0 Å². The molecule has 1 fully saturated rings. The second-order valence-electron chi connectivity index (χ2n) is 4.35. The summed E-state index contributed by atoms with van der Waals surface area (Å²) >= 11 is 0. The Morgan fingerprint density at radius 1 is 1.27 bits per heavy atom. The predicted octanol–water partition coefficient (Wildman–Crippen LogP) is 1.06. The Morgan fingerprint density at radius 2 is 1.91 bits per heavy atom. The quantitative estimate of drug-likeness (QED) is 0.828. The summed E-state index contributed by atoms with van der Waals surface area (Å²) in [6.07, 6.45) is -1.05. The number of morpholine rings is 1. The van der Waals surface area contributed by atoms with Crippen molar-refractivity contribution in [1.29, 1.82) is 0 Å². The fraction of sp³-hybridized carbons (Fsp3) is 0.417. The number of hydrogen-bond acceptors (Lipinski definition) is 7. The summed E-state index contributed by atoms with van der Waals surface area (Å²) in [5.74, 6) is 0. The van der Waals surface area contributed by atoms with Crippen LogP contribution in [0.25, 0.3) is 0 Å². The molecule has 0 bridgehead atoms. The summed E-state index contributed by atoms with van der Waals surface area (Å²) in [6, 6.07) is 5.66. The molecule has 0 atom stereocenters. The molecule has 120 valence electrons. The van der Waals surface area contributed by atoms with E-state index in [1.54, 1.807) is 9.73 Å². The molecule has 1 aromatic carbocycles. The molecule has 1 aliphatic rings. The average Bonchev–Trinajstić information content (AvgIpc) is 2.54. The van der Waals surface area contributed by atoms with Crippen LogP contribution in [0, 0.1) is 0 Å². The van der Waals surface area contributed by atoms with E-state index in [9.17, 15) is 13.2 Å². The third-order valence-electron chi connectivity index (χ3n) is 2.82. The average molecular weight is 328 g/mol. The summed E-state index contributed by atoms with van der Waals surface area (Å²) in [6.45, 7) is 2.54. The highest BCUT2D eigenvalue weighted by Crippen LogP contribution is 2.17. The molecule has 1 amide bonds. The summed E-state index contributed by atoms with van der Waals surface area (Å²) < 4.78 is 34.9. The summed E-state index contributed by atoms with van der Waals surface area (Å²) in [5.41, 5.74) is 0.503. The van der Waals surface area contributed by atoms with E-state index in [0.29, 0.717) is 32.0 Å². The van der Waals surface area contributed by atoms with Gasteiger partial charge in [-0.15, -0.1) is 5.11 Å². The van der Waals surface area contributed by atoms with Gasteiger partial charge in [0, 0.05) is 0 Å². The molecule has 0 aromatic heterocycles. The topological polar surface area (TPSA) is 110 Å². The Hall–Kier alpha value is -2.20. The van der Waals surface area contributed by atoms with Gasteiger partial charge in [0.25, 0.3) is 10.0 Å². The van der Waals surface area contributed by atoms with Crippen LogP contribution in [0.2, 0.25) is 0 Å². The van der Waals surface area contributed by atoms with Crippen LogP contribution in [0.15, 0.2) is 39.5 Å². The zero-order chi connectivity index (χ0) is 16.0. The monoisotopic (exact) mass is 328 g/mol. The van der Waals surface area contributed by atoms with Crippen LogP contribution in [-0.2, 0) is 19.5 Å². The molecule has 0 saturated carbocycles. The van der Waals surface area contributed by atoms with Crippen molar-refractivity contribution >= 4 is 21.8 Å². The molecule has 1 heterocycles. The molecule has 0 unspecified atom stereocenters. The predicted molar refractivity (Wildman–Crippen MR) is 76.1 cm³/mol. The molecule has 10 heteroatoms. The smallest absolute Gasteiger partial charge is 0.420 e. The lowest BCUT2D eigenvalue weighted by molar-refractivity contribution is 0.0353. The van der Waals surface area contributed by atoms with E-state index < -0.39 is 16.1 Å². The lowest BCUT2D eigenvalue weighted by Crippen LogP contribution is -2.31. The normalized spacial score (nSPS) is 15.8. The zero-order valence-corrected chi connectivity index (χ0v) is 12.7. The molecule has 22 heavy (non-hydrogen) atoms. The lowest BCUT2D eigenvalue weighted by Gasteiger charge is -2.22. The van der Waals surface area contributed by atoms with Crippen molar-refractivity contribution in [2.24, 2.45) is 10.3 Å². The number of ether oxygens (including phenoxy) is 2. The Kier molecular flexibility index (Phi) is 5.28. The Balaban J connectivity index is 2.03. The number of sulfonamides is 1. The fourth-order valence-electron chi connectivity index (χ4n) is 1.66. The molecular weight excluding hydrogens is 312 g/mol. The maximum Gasteiger partial charge on any atom is 0.420 e. The van der Waals surface area contributed by atoms with Crippen LogP contribution >= 0.6 is 0 Å². The number of methoxy groups -OCH3 is 1. The summed E-state index contributed by atoms with van der Waals surface area (Å²) in [4.78, 5) is 10.9. The van der Waals surface area contributed by atoms with Gasteiger partial charge in [-0.3, -0.25) is 5.01 Å². The van der Waals surface area contributed by atoms with E-state index in [4.69, 9.17) is 4.74 Å². The number of amides is 1. The SMILES string of the molecule is COC(=O)NS(=O)(=O)c1ccc(N=NN2CCOCC2)cc1. The molecule has 2 rings (SSSR count). The number of benzene rings is 1. The van der Waals surface area contributed by atoms with E-state index in [-0.39, 0.29) is 4.90 Å². The van der Waals surface area contributed by atoms with Gasteiger partial charge in [0.15, 0.2) is 0 Å². The number of carbonyl (C=O) groups is 1. The Labute approximate surface area is 127 Å². The van der Waals surface area contributed by atoms with Gasteiger partial charge in [-0.05, 0) is 24.3 Å². The molecule has 9 nitrogen and oxygen atoms in total. The van der Waals surface area contributed by atoms with Crippen LogP contribution in [0.1, 0.15) is 0 Å². The maximum atomic E-state index is 11.8. The largest absolute Gasteiger partial charge is 0.452 e. The number of rotatable bonds is 4. The van der Waals surface area contributed by atoms with E-state index >= 15 is 0 Å². The van der Waals surface area contributed by atoms with Gasteiger partial charge in [0.05, 0.1) is 44.0 Å². The van der Waals surface area contributed by atoms with E-state index in [1.807, 2.05) is 0 Å². The molecule has 0 aliphatic carbocycles. The van der Waals surface area contributed by atoms with Gasteiger partial charge < -0.3 is 9.47 Å². The van der Waals surface area contributed by atoms with Crippen molar-refractivity contribution in [3.8, 4) is 0 Å². The van der Waals surface area contributed by atoms with Crippen LogP contribution in [-0.4, -0.2) is 52.9 Å². The minimum Gasteiger partial charge on any atom is -0.452 e. The van der Waals surface area contributed by atoms with Crippen molar-refractivity contribution in [2.75, 3.05) is 33.4 Å². The number of hydrogen-bond donors (Lipinski definition) is 1. The first-order valence-corrected chi connectivity index (χ1v) is 7.95. The Morgan fingerprint density at radius 3 is 2.50 bits per heavy atom. The molecule has 0 radical (unpaired) electrons. The number of carbonyl (C=O) groups excluding carboxylic acids is 1. The van der Waals surface area contributed by atoms with Gasteiger partial charge in [0.1, 0.15) is 0 Å². The highest BCUT2D eigenvalue weighted by Gasteiger charge is 2.17. The van der Waals surface area contributed by atoms with E-state index in [1.165, 1.54) is 24.3 Å². The standard InChI is InChI=1S/C12H16N4O5S/c1-20-12(17)14-22(18,19)11-4-2-10(3-5-11)13-15-16-6-8-21-9-7-16/h2-5H,6-9H2,1H3,(H,14,17). The lowest BCUT2D eigenvalue weighted by atomic mass is 10.3. The van der Waals surface area contributed by atoms with Crippen molar-refractivity contribution in [1.82, 2.24) is 9.73 Å². The van der Waals surface area contributed by atoms with Crippen molar-refractivity contribution in [3.63, 3.8) is 0 Å². The second-order valence-corrected chi connectivity index (χ2v) is 6.03. The van der Waals surface area contributed by atoms with Crippen molar-refractivity contribution < 1.29 is 22.7 Å². The highest BCUT2D eigenvalue weighted by molar-refractivity contribution is 7.90. The van der Waals surface area contributed by atoms with Crippen LogP contribution in [0.4, 0.5) is 10.5 Å².